The van der Waals surface area contributed by atoms with Crippen molar-refractivity contribution in [2.75, 3.05) is 5.32 Å². The first-order valence-electron chi connectivity index (χ1n) is 9.41. The highest BCUT2D eigenvalue weighted by Crippen LogP contribution is 2.23. The molecular formula is C22H21ClN6O. The van der Waals surface area contributed by atoms with Crippen LogP contribution >= 0.6 is 11.6 Å². The van der Waals surface area contributed by atoms with Crippen molar-refractivity contribution in [3.8, 4) is 11.5 Å². The fourth-order valence-electron chi connectivity index (χ4n) is 2.92. The van der Waals surface area contributed by atoms with E-state index in [9.17, 15) is 0 Å². The maximum Gasteiger partial charge on any atom is 0.246 e. The van der Waals surface area contributed by atoms with Crippen LogP contribution in [0.3, 0.4) is 0 Å². The molecule has 0 aliphatic heterocycles. The molecule has 3 heterocycles. The summed E-state index contributed by atoms with van der Waals surface area (Å²) in [7, 11) is 0. The zero-order chi connectivity index (χ0) is 21.1. The van der Waals surface area contributed by atoms with E-state index in [1.54, 1.807) is 16.8 Å². The number of nitrogens with zero attached hydrogens (tertiary/aromatic N) is 5. The van der Waals surface area contributed by atoms with Crippen LogP contribution < -0.4 is 5.32 Å². The Morgan fingerprint density at radius 1 is 1.20 bits per heavy atom. The Bertz CT molecular complexity index is 1240. The Balaban J connectivity index is 1.43. The highest BCUT2D eigenvalue weighted by molar-refractivity contribution is 6.30. The molecule has 7 nitrogen and oxygen atoms in total. The number of imidazole rings is 1. The number of aryl methyl sites for hydroxylation is 1. The number of allylic oxidation sites excluding steroid dienone is 5. The smallest absolute Gasteiger partial charge is 0.246 e. The van der Waals surface area contributed by atoms with Gasteiger partial charge in [-0.25, -0.2) is 4.98 Å². The van der Waals surface area contributed by atoms with Gasteiger partial charge in [-0.1, -0.05) is 30.3 Å². The number of hydrogen-bond donors (Lipinski definition) is 1. The van der Waals surface area contributed by atoms with E-state index in [1.165, 1.54) is 0 Å². The van der Waals surface area contributed by atoms with Gasteiger partial charge in [-0.2, -0.15) is 9.61 Å². The predicted octanol–water partition coefficient (Wildman–Crippen LogP) is 5.49. The van der Waals surface area contributed by atoms with Crippen LogP contribution in [0, 0.1) is 6.92 Å². The fourth-order valence-corrected chi connectivity index (χ4v) is 2.98. The molecule has 0 saturated heterocycles. The van der Waals surface area contributed by atoms with Crippen LogP contribution in [0.4, 0.5) is 11.5 Å². The van der Waals surface area contributed by atoms with Crippen molar-refractivity contribution in [1.82, 2.24) is 24.4 Å². The van der Waals surface area contributed by atoms with Gasteiger partial charge in [0.2, 0.25) is 11.6 Å². The zero-order valence-electron chi connectivity index (χ0n) is 16.7. The molecule has 152 valence electrons. The van der Waals surface area contributed by atoms with Crippen LogP contribution in [-0.4, -0.2) is 24.4 Å². The molecule has 0 amide bonds. The molecule has 4 rings (SSSR count). The van der Waals surface area contributed by atoms with Crippen LogP contribution in [0.25, 0.3) is 17.2 Å². The average Bonchev–Trinajstić information content (AvgIpc) is 3.44. The second-order valence-corrected chi connectivity index (χ2v) is 7.19. The van der Waals surface area contributed by atoms with Gasteiger partial charge >= 0.3 is 0 Å². The molecule has 3 aromatic heterocycles. The molecule has 1 aromatic carbocycles. The lowest BCUT2D eigenvalue weighted by molar-refractivity contribution is 0.617. The van der Waals surface area contributed by atoms with Crippen LogP contribution in [0.2, 0.25) is 0 Å². The van der Waals surface area contributed by atoms with Crippen LogP contribution in [0.5, 0.6) is 0 Å². The van der Waals surface area contributed by atoms with Gasteiger partial charge in [-0.05, 0) is 49.8 Å². The maximum atomic E-state index is 5.79. The van der Waals surface area contributed by atoms with Crippen LogP contribution in [-0.2, 0) is 6.54 Å². The first-order chi connectivity index (χ1) is 14.5. The monoisotopic (exact) mass is 420 g/mol. The van der Waals surface area contributed by atoms with Crippen molar-refractivity contribution >= 4 is 28.8 Å². The van der Waals surface area contributed by atoms with E-state index in [4.69, 9.17) is 16.0 Å². The van der Waals surface area contributed by atoms with Gasteiger partial charge < -0.3 is 9.73 Å². The molecule has 1 N–H and O–H groups in total. The first kappa shape index (κ1) is 19.7. The van der Waals surface area contributed by atoms with Gasteiger partial charge in [0, 0.05) is 28.5 Å². The normalized spacial score (nSPS) is 12.2. The number of benzene rings is 1. The number of aromatic nitrogens is 5. The van der Waals surface area contributed by atoms with E-state index in [2.05, 4.69) is 27.1 Å². The molecule has 0 aliphatic rings. The summed E-state index contributed by atoms with van der Waals surface area (Å²) >= 11 is 5.79. The number of fused-ring (bicyclic) bond motifs is 1. The Hall–Kier alpha value is -3.58. The number of rotatable bonds is 7. The minimum atomic E-state index is 0.495. The van der Waals surface area contributed by atoms with E-state index in [-0.39, 0.29) is 0 Å². The fraction of sp³-hybridized carbons (Fsp3) is 0.136. The molecule has 0 unspecified atom stereocenters. The summed E-state index contributed by atoms with van der Waals surface area (Å²) in [4.78, 5) is 4.17. The van der Waals surface area contributed by atoms with Gasteiger partial charge in [0.05, 0.1) is 12.7 Å². The molecule has 8 heteroatoms. The molecule has 0 bridgehead atoms. The minimum absolute atomic E-state index is 0.495. The molecule has 4 aromatic rings. The van der Waals surface area contributed by atoms with E-state index < -0.39 is 0 Å². The Morgan fingerprint density at radius 2 is 2.00 bits per heavy atom. The third-order valence-corrected chi connectivity index (χ3v) is 4.63. The molecular weight excluding hydrogens is 400 g/mol. The third-order valence-electron chi connectivity index (χ3n) is 4.51. The Labute approximate surface area is 179 Å². The van der Waals surface area contributed by atoms with Crippen molar-refractivity contribution in [3.05, 3.63) is 84.0 Å². The molecule has 0 saturated carbocycles. The molecule has 0 radical (unpaired) electrons. The average molecular weight is 421 g/mol. The molecule has 0 atom stereocenters. The van der Waals surface area contributed by atoms with Crippen LogP contribution in [0.15, 0.2) is 82.6 Å². The number of halogens is 1. The summed E-state index contributed by atoms with van der Waals surface area (Å²) in [5, 5.41) is 12.8. The van der Waals surface area contributed by atoms with E-state index >= 15 is 0 Å². The SMILES string of the molecule is C=C(Cl)/C=C\C(=C/C)Cn1ccc(Nc2ccc(-c3nn4c(C)ncc4o3)cc2)n1. The highest BCUT2D eigenvalue weighted by Gasteiger charge is 2.10. The van der Waals surface area contributed by atoms with Gasteiger partial charge in [0.1, 0.15) is 5.82 Å². The second-order valence-electron chi connectivity index (χ2n) is 6.71. The van der Waals surface area contributed by atoms with Crippen molar-refractivity contribution in [2.24, 2.45) is 0 Å². The maximum absolute atomic E-state index is 5.79. The summed E-state index contributed by atoms with van der Waals surface area (Å²) in [5.74, 6) is 2.10. The van der Waals surface area contributed by atoms with E-state index in [1.807, 2.05) is 67.2 Å². The van der Waals surface area contributed by atoms with Crippen molar-refractivity contribution in [3.63, 3.8) is 0 Å². The number of hydrogen-bond acceptors (Lipinski definition) is 5. The summed E-state index contributed by atoms with van der Waals surface area (Å²) in [6.07, 6.45) is 9.32. The first-order valence-corrected chi connectivity index (χ1v) is 9.79. The van der Waals surface area contributed by atoms with Gasteiger partial charge in [0.25, 0.3) is 0 Å². The van der Waals surface area contributed by atoms with Gasteiger partial charge in [-0.3, -0.25) is 4.68 Å². The zero-order valence-corrected chi connectivity index (χ0v) is 17.5. The van der Waals surface area contributed by atoms with E-state index in [0.29, 0.717) is 23.2 Å². The Morgan fingerprint density at radius 3 is 2.70 bits per heavy atom. The summed E-state index contributed by atoms with van der Waals surface area (Å²) < 4.78 is 9.29. The van der Waals surface area contributed by atoms with Crippen LogP contribution in [0.1, 0.15) is 12.7 Å². The lowest BCUT2D eigenvalue weighted by Gasteiger charge is -2.05. The number of nitrogens with one attached hydrogen (secondary N) is 1. The minimum Gasteiger partial charge on any atom is -0.417 e. The third kappa shape index (κ3) is 4.36. The quantitative estimate of drug-likeness (QED) is 0.400. The van der Waals surface area contributed by atoms with Gasteiger partial charge in [-0.15, -0.1) is 5.10 Å². The van der Waals surface area contributed by atoms with E-state index in [0.717, 1.165) is 28.5 Å². The lowest BCUT2D eigenvalue weighted by Crippen LogP contribution is -2.01. The van der Waals surface area contributed by atoms with Gasteiger partial charge in [0.15, 0.2) is 5.82 Å². The lowest BCUT2D eigenvalue weighted by atomic mass is 10.2. The predicted molar refractivity (Wildman–Crippen MR) is 119 cm³/mol. The molecule has 0 aliphatic carbocycles. The van der Waals surface area contributed by atoms with Crippen molar-refractivity contribution in [2.45, 2.75) is 20.4 Å². The Kier molecular flexibility index (Phi) is 5.54. The topological polar surface area (TPSA) is 73.2 Å². The summed E-state index contributed by atoms with van der Waals surface area (Å²) in [6.45, 7) is 8.17. The molecule has 0 spiro atoms. The van der Waals surface area contributed by atoms with Crippen molar-refractivity contribution in [1.29, 1.82) is 0 Å². The van der Waals surface area contributed by atoms with Crippen molar-refractivity contribution < 1.29 is 4.42 Å². The number of anilines is 2. The highest BCUT2D eigenvalue weighted by atomic mass is 35.5. The largest absolute Gasteiger partial charge is 0.417 e. The standard InChI is InChI=1S/C22H21ClN6O/c1-4-17(6-5-15(2)23)14-28-12-11-20(26-28)25-19-9-7-18(8-10-19)22-27-29-16(3)24-13-21(29)30-22/h4-13H,2,14H2,1,3H3,(H,25,26)/b6-5-,17-4+. The second kappa shape index (κ2) is 8.42. The summed E-state index contributed by atoms with van der Waals surface area (Å²) in [6, 6.07) is 9.76. The summed E-state index contributed by atoms with van der Waals surface area (Å²) in [5.41, 5.74) is 3.52. The molecule has 30 heavy (non-hydrogen) atoms. The molecule has 0 fully saturated rings.